The molecule has 2 aromatic carbocycles. The number of carbonyl (C=O) groups excluding carboxylic acids is 3. The van der Waals surface area contributed by atoms with E-state index < -0.39 is 12.3 Å². The van der Waals surface area contributed by atoms with E-state index in [9.17, 15) is 14.4 Å². The van der Waals surface area contributed by atoms with Gasteiger partial charge in [-0.15, -0.1) is 0 Å². The summed E-state index contributed by atoms with van der Waals surface area (Å²) in [4.78, 5) is 35.1. The molecule has 8 heteroatoms. The maximum atomic E-state index is 12.3. The first-order valence-corrected chi connectivity index (χ1v) is 8.05. The van der Waals surface area contributed by atoms with E-state index in [0.29, 0.717) is 11.1 Å². The molecule has 0 saturated heterocycles. The Kier molecular flexibility index (Phi) is 7.95. The van der Waals surface area contributed by atoms with Crippen LogP contribution in [0.1, 0.15) is 15.9 Å². The molecule has 0 atom stereocenters. The molecule has 0 heterocycles. The fraction of sp³-hybridized carbons (Fsp3) is 0.211. The lowest BCUT2D eigenvalue weighted by Gasteiger charge is -2.06. The molecule has 0 radical (unpaired) electrons. The van der Waals surface area contributed by atoms with E-state index in [1.165, 1.54) is 24.3 Å². The zero-order valence-corrected chi connectivity index (χ0v) is 14.3. The smallest absolute Gasteiger partial charge is 0.431 e. The largest absolute Gasteiger partial charge is 0.524 e. The van der Waals surface area contributed by atoms with Gasteiger partial charge in [0.1, 0.15) is 12.4 Å². The number of aliphatic hydroxyl groups is 1. The summed E-state index contributed by atoms with van der Waals surface area (Å²) >= 11 is 0. The number of ether oxygens (including phenoxy) is 4. The minimum Gasteiger partial charge on any atom is -0.431 e. The van der Waals surface area contributed by atoms with Gasteiger partial charge in [0.2, 0.25) is 0 Å². The lowest BCUT2D eigenvalue weighted by molar-refractivity contribution is 0.0251. The molecule has 0 amide bonds. The highest BCUT2D eigenvalue weighted by molar-refractivity contribution is 6.09. The molecule has 2 aromatic rings. The molecule has 0 aliphatic carbocycles. The van der Waals surface area contributed by atoms with Gasteiger partial charge in [-0.25, -0.2) is 9.59 Å². The van der Waals surface area contributed by atoms with Gasteiger partial charge in [-0.05, 0) is 24.3 Å². The molecule has 27 heavy (non-hydrogen) atoms. The van der Waals surface area contributed by atoms with Crippen LogP contribution in [0, 0.1) is 0 Å². The van der Waals surface area contributed by atoms with Crippen molar-refractivity contribution < 1.29 is 38.4 Å². The van der Waals surface area contributed by atoms with Gasteiger partial charge in [-0.2, -0.15) is 0 Å². The van der Waals surface area contributed by atoms with Crippen molar-refractivity contribution >= 4 is 18.1 Å². The second-order valence-corrected chi connectivity index (χ2v) is 5.11. The second kappa shape index (κ2) is 10.7. The lowest BCUT2D eigenvalue weighted by Crippen LogP contribution is -2.19. The number of aliphatic hydroxyl groups excluding tert-OH is 1. The summed E-state index contributed by atoms with van der Waals surface area (Å²) in [6.45, 7) is -0.111. The molecule has 0 bridgehead atoms. The van der Waals surface area contributed by atoms with Crippen molar-refractivity contribution in [2.45, 2.75) is 0 Å². The first-order valence-electron chi connectivity index (χ1n) is 8.05. The first kappa shape index (κ1) is 20.1. The highest BCUT2D eigenvalue weighted by Gasteiger charge is 2.15. The van der Waals surface area contributed by atoms with Crippen LogP contribution in [0.25, 0.3) is 0 Å². The van der Waals surface area contributed by atoms with Gasteiger partial charge in [-0.1, -0.05) is 30.3 Å². The van der Waals surface area contributed by atoms with Crippen LogP contribution in [0.2, 0.25) is 0 Å². The quantitative estimate of drug-likeness (QED) is 0.247. The number of rotatable bonds is 8. The second-order valence-electron chi connectivity index (χ2n) is 5.11. The maximum absolute atomic E-state index is 12.3. The summed E-state index contributed by atoms with van der Waals surface area (Å²) < 4.78 is 18.6. The number of hydrogen-bond acceptors (Lipinski definition) is 8. The summed E-state index contributed by atoms with van der Waals surface area (Å²) in [5.41, 5.74) is 0.959. The zero-order chi connectivity index (χ0) is 19.5. The van der Waals surface area contributed by atoms with Gasteiger partial charge in [0.05, 0.1) is 19.8 Å². The van der Waals surface area contributed by atoms with Crippen LogP contribution >= 0.6 is 0 Å². The molecule has 142 valence electrons. The Hall–Kier alpha value is -3.23. The van der Waals surface area contributed by atoms with Crippen molar-refractivity contribution in [3.05, 3.63) is 65.7 Å². The van der Waals surface area contributed by atoms with Gasteiger partial charge in [-0.3, -0.25) is 4.79 Å². The fourth-order valence-electron chi connectivity index (χ4n) is 2.00. The van der Waals surface area contributed by atoms with E-state index in [4.69, 9.17) is 14.6 Å². The predicted molar refractivity (Wildman–Crippen MR) is 92.7 cm³/mol. The van der Waals surface area contributed by atoms with Crippen LogP contribution in [0.5, 0.6) is 5.75 Å². The minimum atomic E-state index is -1.27. The summed E-state index contributed by atoms with van der Waals surface area (Å²) in [6, 6.07) is 14.5. The fourth-order valence-corrected chi connectivity index (χ4v) is 2.00. The first-order chi connectivity index (χ1) is 13.1. The molecular formula is C19H18O8. The van der Waals surface area contributed by atoms with Crippen molar-refractivity contribution in [3.63, 3.8) is 0 Å². The normalized spacial score (nSPS) is 10.1. The Morgan fingerprint density at radius 1 is 0.778 bits per heavy atom. The zero-order valence-electron chi connectivity index (χ0n) is 14.3. The van der Waals surface area contributed by atoms with Gasteiger partial charge in [0.15, 0.2) is 5.78 Å². The van der Waals surface area contributed by atoms with E-state index in [-0.39, 0.29) is 38.0 Å². The molecule has 0 saturated carbocycles. The van der Waals surface area contributed by atoms with Crippen molar-refractivity contribution in [2.24, 2.45) is 0 Å². The van der Waals surface area contributed by atoms with E-state index in [2.05, 4.69) is 9.47 Å². The highest BCUT2D eigenvalue weighted by atomic mass is 16.8. The number of benzene rings is 2. The van der Waals surface area contributed by atoms with Crippen LogP contribution in [-0.2, 0) is 14.2 Å². The minimum absolute atomic E-state index is 0.0572. The monoisotopic (exact) mass is 374 g/mol. The van der Waals surface area contributed by atoms with Crippen molar-refractivity contribution in [1.29, 1.82) is 0 Å². The molecular weight excluding hydrogens is 356 g/mol. The van der Waals surface area contributed by atoms with Crippen molar-refractivity contribution in [1.82, 2.24) is 0 Å². The molecule has 0 unspecified atom stereocenters. The van der Waals surface area contributed by atoms with Crippen LogP contribution in [-0.4, -0.2) is 49.6 Å². The molecule has 2 rings (SSSR count). The van der Waals surface area contributed by atoms with E-state index >= 15 is 0 Å². The molecule has 0 fully saturated rings. The van der Waals surface area contributed by atoms with Gasteiger partial charge < -0.3 is 24.1 Å². The molecule has 0 aliphatic rings. The number of carbonyl (C=O) groups is 3. The lowest BCUT2D eigenvalue weighted by atomic mass is 10.0. The third-order valence-electron chi connectivity index (χ3n) is 3.20. The third-order valence-corrected chi connectivity index (χ3v) is 3.20. The average Bonchev–Trinajstić information content (AvgIpc) is 2.68. The molecule has 0 aliphatic heterocycles. The SMILES string of the molecule is O=C(OCCOCCO)OC(=O)Oc1ccc(C(=O)c2ccccc2)cc1. The topological polar surface area (TPSA) is 108 Å². The maximum Gasteiger partial charge on any atom is 0.524 e. The van der Waals surface area contributed by atoms with Gasteiger partial charge in [0, 0.05) is 11.1 Å². The summed E-state index contributed by atoms with van der Waals surface area (Å²) in [7, 11) is 0. The van der Waals surface area contributed by atoms with Crippen LogP contribution in [0.15, 0.2) is 54.6 Å². The molecule has 0 spiro atoms. The summed E-state index contributed by atoms with van der Waals surface area (Å²) in [6.07, 6.45) is -2.50. The van der Waals surface area contributed by atoms with E-state index in [1.807, 2.05) is 6.07 Å². The van der Waals surface area contributed by atoms with Crippen LogP contribution in [0.3, 0.4) is 0 Å². The standard InChI is InChI=1S/C19H18O8/c20-10-11-24-12-13-25-18(22)27-19(23)26-16-8-6-15(7-9-16)17(21)14-4-2-1-3-5-14/h1-9,20H,10-13H2. The highest BCUT2D eigenvalue weighted by Crippen LogP contribution is 2.16. The Morgan fingerprint density at radius 2 is 1.44 bits per heavy atom. The number of hydrogen-bond donors (Lipinski definition) is 1. The summed E-state index contributed by atoms with van der Waals surface area (Å²) in [5, 5.41) is 8.50. The van der Waals surface area contributed by atoms with Crippen molar-refractivity contribution in [3.8, 4) is 5.75 Å². The van der Waals surface area contributed by atoms with Gasteiger partial charge in [0.25, 0.3) is 0 Å². The van der Waals surface area contributed by atoms with Crippen molar-refractivity contribution in [2.75, 3.05) is 26.4 Å². The third kappa shape index (κ3) is 6.89. The summed E-state index contributed by atoms with van der Waals surface area (Å²) in [5.74, 6) is -0.0691. The van der Waals surface area contributed by atoms with Crippen LogP contribution < -0.4 is 4.74 Å². The Bertz CT molecular complexity index is 755. The Balaban J connectivity index is 1.79. The van der Waals surface area contributed by atoms with Gasteiger partial charge >= 0.3 is 12.3 Å². The average molecular weight is 374 g/mol. The molecule has 1 N–H and O–H groups in total. The Labute approximate surface area is 155 Å². The van der Waals surface area contributed by atoms with E-state index in [0.717, 1.165) is 0 Å². The molecule has 0 aromatic heterocycles. The Morgan fingerprint density at radius 3 is 2.11 bits per heavy atom. The predicted octanol–water partition coefficient (Wildman–Crippen LogP) is 2.58. The van der Waals surface area contributed by atoms with Crippen LogP contribution in [0.4, 0.5) is 9.59 Å². The number of ketones is 1. The molecule has 8 nitrogen and oxygen atoms in total. The van der Waals surface area contributed by atoms with E-state index in [1.54, 1.807) is 24.3 Å².